The molecule has 0 aliphatic rings. The van der Waals surface area contributed by atoms with Crippen molar-refractivity contribution in [2.75, 3.05) is 18.6 Å². The maximum Gasteiger partial charge on any atom is 0.220 e. The van der Waals surface area contributed by atoms with Crippen LogP contribution in [0.2, 0.25) is 0 Å². The number of sulfone groups is 1. The van der Waals surface area contributed by atoms with Crippen LogP contribution in [0.1, 0.15) is 26.2 Å². The normalized spacial score (nSPS) is 13.5. The van der Waals surface area contributed by atoms with E-state index >= 15 is 0 Å². The summed E-state index contributed by atoms with van der Waals surface area (Å²) < 4.78 is 21.5. The molecule has 3 N–H and O–H groups in total. The monoisotopic (exact) mass is 236 g/mol. The molecule has 0 aromatic rings. The molecule has 6 heteroatoms. The Labute approximate surface area is 91.3 Å². The molecule has 0 fully saturated rings. The minimum atomic E-state index is -2.99. The van der Waals surface area contributed by atoms with E-state index in [0.717, 1.165) is 19.1 Å². The molecule has 1 amide bonds. The zero-order chi connectivity index (χ0) is 11.9. The van der Waals surface area contributed by atoms with E-state index in [-0.39, 0.29) is 24.2 Å². The van der Waals surface area contributed by atoms with Crippen LogP contribution in [0.15, 0.2) is 0 Å². The zero-order valence-electron chi connectivity index (χ0n) is 9.32. The molecule has 0 spiro atoms. The maximum atomic E-state index is 11.2. The van der Waals surface area contributed by atoms with Gasteiger partial charge in [-0.3, -0.25) is 4.79 Å². The van der Waals surface area contributed by atoms with E-state index in [9.17, 15) is 13.2 Å². The lowest BCUT2D eigenvalue weighted by Crippen LogP contribution is -2.28. The first kappa shape index (κ1) is 14.4. The number of hydrogen-bond acceptors (Lipinski definition) is 4. The van der Waals surface area contributed by atoms with Crippen molar-refractivity contribution in [2.45, 2.75) is 32.2 Å². The SMILES string of the molecule is CC(N)CCCC(=O)NCCS(C)(=O)=O. The summed E-state index contributed by atoms with van der Waals surface area (Å²) in [7, 11) is -2.99. The number of amides is 1. The van der Waals surface area contributed by atoms with Crippen LogP contribution in [0.5, 0.6) is 0 Å². The van der Waals surface area contributed by atoms with Crippen LogP contribution in [0.25, 0.3) is 0 Å². The molecule has 0 aromatic carbocycles. The summed E-state index contributed by atoms with van der Waals surface area (Å²) >= 11 is 0. The fourth-order valence-corrected chi connectivity index (χ4v) is 1.52. The van der Waals surface area contributed by atoms with Gasteiger partial charge in [-0.2, -0.15) is 0 Å². The molecule has 0 saturated carbocycles. The number of nitrogens with one attached hydrogen (secondary N) is 1. The van der Waals surface area contributed by atoms with Gasteiger partial charge in [-0.25, -0.2) is 8.42 Å². The first-order chi connectivity index (χ1) is 6.81. The first-order valence-corrected chi connectivity index (χ1v) is 7.07. The molecule has 15 heavy (non-hydrogen) atoms. The third-order valence-corrected chi connectivity index (χ3v) is 2.80. The minimum Gasteiger partial charge on any atom is -0.355 e. The summed E-state index contributed by atoms with van der Waals surface area (Å²) in [4.78, 5) is 11.2. The molecular formula is C9H20N2O3S. The number of rotatable bonds is 7. The number of hydrogen-bond donors (Lipinski definition) is 2. The van der Waals surface area contributed by atoms with Gasteiger partial charge < -0.3 is 11.1 Å². The Morgan fingerprint density at radius 2 is 2.07 bits per heavy atom. The van der Waals surface area contributed by atoms with E-state index in [2.05, 4.69) is 5.32 Å². The van der Waals surface area contributed by atoms with Gasteiger partial charge in [-0.1, -0.05) is 0 Å². The molecule has 5 nitrogen and oxygen atoms in total. The molecule has 0 aliphatic carbocycles. The summed E-state index contributed by atoms with van der Waals surface area (Å²) in [6.45, 7) is 2.08. The highest BCUT2D eigenvalue weighted by molar-refractivity contribution is 7.90. The van der Waals surface area contributed by atoms with Crippen LogP contribution >= 0.6 is 0 Å². The van der Waals surface area contributed by atoms with Crippen molar-refractivity contribution in [1.29, 1.82) is 0 Å². The lowest BCUT2D eigenvalue weighted by molar-refractivity contribution is -0.121. The third kappa shape index (κ3) is 11.3. The van der Waals surface area contributed by atoms with Crippen LogP contribution in [-0.4, -0.2) is 38.9 Å². The summed E-state index contributed by atoms with van der Waals surface area (Å²) in [5, 5.41) is 2.55. The molecular weight excluding hydrogens is 216 g/mol. The Balaban J connectivity index is 3.50. The van der Waals surface area contributed by atoms with E-state index < -0.39 is 9.84 Å². The molecule has 0 radical (unpaired) electrons. The Bertz CT molecular complexity index is 286. The van der Waals surface area contributed by atoms with Gasteiger partial charge in [0.1, 0.15) is 9.84 Å². The quantitative estimate of drug-likeness (QED) is 0.633. The van der Waals surface area contributed by atoms with E-state index in [0.29, 0.717) is 6.42 Å². The first-order valence-electron chi connectivity index (χ1n) is 5.01. The van der Waals surface area contributed by atoms with E-state index in [1.807, 2.05) is 6.92 Å². The summed E-state index contributed by atoms with van der Waals surface area (Å²) in [6.07, 6.45) is 3.10. The van der Waals surface area contributed by atoms with Crippen molar-refractivity contribution in [3.8, 4) is 0 Å². The predicted octanol–water partition coefficient (Wildman–Crippen LogP) is -0.335. The van der Waals surface area contributed by atoms with Gasteiger partial charge in [0.15, 0.2) is 0 Å². The van der Waals surface area contributed by atoms with Crippen LogP contribution in [0.4, 0.5) is 0 Å². The predicted molar refractivity (Wildman–Crippen MR) is 60.2 cm³/mol. The lowest BCUT2D eigenvalue weighted by atomic mass is 10.1. The molecule has 0 bridgehead atoms. The molecule has 0 saturated heterocycles. The van der Waals surface area contributed by atoms with Crippen molar-refractivity contribution in [3.05, 3.63) is 0 Å². The molecule has 0 heterocycles. The molecule has 0 aliphatic heterocycles. The van der Waals surface area contributed by atoms with E-state index in [4.69, 9.17) is 5.73 Å². The highest BCUT2D eigenvalue weighted by Crippen LogP contribution is 1.97. The maximum absolute atomic E-state index is 11.2. The van der Waals surface area contributed by atoms with Crippen LogP contribution < -0.4 is 11.1 Å². The van der Waals surface area contributed by atoms with Gasteiger partial charge >= 0.3 is 0 Å². The van der Waals surface area contributed by atoms with Gasteiger partial charge in [0.25, 0.3) is 0 Å². The van der Waals surface area contributed by atoms with Crippen molar-refractivity contribution in [1.82, 2.24) is 5.32 Å². The fourth-order valence-electron chi connectivity index (χ4n) is 1.05. The standard InChI is InChI=1S/C9H20N2O3S/c1-8(10)4-3-5-9(12)11-6-7-15(2,13)14/h8H,3-7,10H2,1-2H3,(H,11,12). The molecule has 1 atom stereocenters. The van der Waals surface area contributed by atoms with Crippen LogP contribution in [0, 0.1) is 0 Å². The average molecular weight is 236 g/mol. The van der Waals surface area contributed by atoms with Gasteiger partial charge in [-0.15, -0.1) is 0 Å². The highest BCUT2D eigenvalue weighted by Gasteiger charge is 2.05. The number of carbonyl (C=O) groups excluding carboxylic acids is 1. The second kappa shape index (κ2) is 6.79. The number of carbonyl (C=O) groups is 1. The minimum absolute atomic E-state index is 0.00791. The van der Waals surface area contributed by atoms with E-state index in [1.54, 1.807) is 0 Å². The Morgan fingerprint density at radius 1 is 1.47 bits per heavy atom. The molecule has 0 aromatic heterocycles. The lowest BCUT2D eigenvalue weighted by Gasteiger charge is -2.05. The van der Waals surface area contributed by atoms with Gasteiger partial charge in [0.2, 0.25) is 5.91 Å². The van der Waals surface area contributed by atoms with E-state index in [1.165, 1.54) is 0 Å². The smallest absolute Gasteiger partial charge is 0.220 e. The largest absolute Gasteiger partial charge is 0.355 e. The Hall–Kier alpha value is -0.620. The third-order valence-electron chi connectivity index (χ3n) is 1.86. The fraction of sp³-hybridized carbons (Fsp3) is 0.889. The van der Waals surface area contributed by atoms with Crippen molar-refractivity contribution in [2.24, 2.45) is 5.73 Å². The van der Waals surface area contributed by atoms with Crippen LogP contribution in [0.3, 0.4) is 0 Å². The summed E-state index contributed by atoms with van der Waals surface area (Å²) in [6, 6.07) is 0.105. The molecule has 0 rings (SSSR count). The van der Waals surface area contributed by atoms with Gasteiger partial charge in [0.05, 0.1) is 5.75 Å². The molecule has 90 valence electrons. The highest BCUT2D eigenvalue weighted by atomic mass is 32.2. The second-order valence-electron chi connectivity index (χ2n) is 3.85. The van der Waals surface area contributed by atoms with Gasteiger partial charge in [-0.05, 0) is 19.8 Å². The summed E-state index contributed by atoms with van der Waals surface area (Å²) in [5.41, 5.74) is 5.52. The van der Waals surface area contributed by atoms with Crippen LogP contribution in [-0.2, 0) is 14.6 Å². The van der Waals surface area contributed by atoms with Crippen molar-refractivity contribution >= 4 is 15.7 Å². The summed E-state index contributed by atoms with van der Waals surface area (Å²) in [5.74, 6) is -0.120. The number of nitrogens with two attached hydrogens (primary N) is 1. The Morgan fingerprint density at radius 3 is 2.53 bits per heavy atom. The Kier molecular flexibility index (Phi) is 6.51. The van der Waals surface area contributed by atoms with Crippen molar-refractivity contribution in [3.63, 3.8) is 0 Å². The van der Waals surface area contributed by atoms with Gasteiger partial charge in [0, 0.05) is 25.3 Å². The zero-order valence-corrected chi connectivity index (χ0v) is 10.1. The topological polar surface area (TPSA) is 89.3 Å². The average Bonchev–Trinajstić information content (AvgIpc) is 2.00. The van der Waals surface area contributed by atoms with Crippen molar-refractivity contribution < 1.29 is 13.2 Å². The second-order valence-corrected chi connectivity index (χ2v) is 6.11. The molecule has 1 unspecified atom stereocenters.